The molecule has 0 amide bonds. The van der Waals surface area contributed by atoms with Crippen molar-refractivity contribution < 1.29 is 4.42 Å². The van der Waals surface area contributed by atoms with Crippen molar-refractivity contribution in [1.29, 1.82) is 0 Å². The van der Waals surface area contributed by atoms with Crippen molar-refractivity contribution in [2.24, 2.45) is 0 Å². The highest BCUT2D eigenvalue weighted by Crippen LogP contribution is 2.01. The van der Waals surface area contributed by atoms with Crippen molar-refractivity contribution >= 4 is 0 Å². The lowest BCUT2D eigenvalue weighted by molar-refractivity contribution is 0.559. The summed E-state index contributed by atoms with van der Waals surface area (Å²) in [5.41, 5.74) is 1.13. The second kappa shape index (κ2) is 2.62. The van der Waals surface area contributed by atoms with Gasteiger partial charge in [0.1, 0.15) is 0 Å². The lowest BCUT2D eigenvalue weighted by Gasteiger charge is -1.95. The average molecular weight is 148 g/mol. The van der Waals surface area contributed by atoms with Crippen LogP contribution in [0.25, 0.3) is 0 Å². The molecular formula is C8H8N2O. The summed E-state index contributed by atoms with van der Waals surface area (Å²) < 4.78 is 6.77. The van der Waals surface area contributed by atoms with Crippen LogP contribution in [0.4, 0.5) is 0 Å². The molecule has 0 aliphatic carbocycles. The smallest absolute Gasteiger partial charge is 0.0953 e. The summed E-state index contributed by atoms with van der Waals surface area (Å²) >= 11 is 0. The lowest BCUT2D eigenvalue weighted by Crippen LogP contribution is -1.97. The Morgan fingerprint density at radius 2 is 2.55 bits per heavy atom. The molecule has 0 N–H and O–H groups in total. The van der Waals surface area contributed by atoms with Crippen LogP contribution in [0.3, 0.4) is 0 Å². The van der Waals surface area contributed by atoms with Crippen LogP contribution in [0.5, 0.6) is 0 Å². The monoisotopic (exact) mass is 148 g/mol. The number of furan rings is 1. The maximum Gasteiger partial charge on any atom is 0.0953 e. The fourth-order valence-electron chi connectivity index (χ4n) is 0.964. The van der Waals surface area contributed by atoms with Gasteiger partial charge in [-0.2, -0.15) is 5.10 Å². The molecule has 0 unspecified atom stereocenters. The van der Waals surface area contributed by atoms with Crippen LogP contribution in [0.2, 0.25) is 0 Å². The topological polar surface area (TPSA) is 31.0 Å². The molecule has 2 aromatic rings. The largest absolute Gasteiger partial charge is 0.472 e. The van der Waals surface area contributed by atoms with E-state index in [2.05, 4.69) is 5.10 Å². The van der Waals surface area contributed by atoms with Gasteiger partial charge >= 0.3 is 0 Å². The summed E-state index contributed by atoms with van der Waals surface area (Å²) in [4.78, 5) is 0. The SMILES string of the molecule is c1cnn(Cc2ccoc2)c1. The summed E-state index contributed by atoms with van der Waals surface area (Å²) in [7, 11) is 0. The maximum absolute atomic E-state index is 4.92. The van der Waals surface area contributed by atoms with Crippen LogP contribution in [-0.4, -0.2) is 9.78 Å². The molecule has 3 heteroatoms. The standard InChI is InChI=1S/C8H8N2O/c1-3-9-10(4-1)6-8-2-5-11-7-8/h1-5,7H,6H2. The van der Waals surface area contributed by atoms with Gasteiger partial charge in [-0.1, -0.05) is 0 Å². The summed E-state index contributed by atoms with van der Waals surface area (Å²) in [5, 5.41) is 4.07. The first-order chi connectivity index (χ1) is 5.45. The molecule has 11 heavy (non-hydrogen) atoms. The first-order valence-corrected chi connectivity index (χ1v) is 3.43. The van der Waals surface area contributed by atoms with Gasteiger partial charge in [-0.05, 0) is 12.1 Å². The number of nitrogens with zero attached hydrogens (tertiary/aromatic N) is 2. The van der Waals surface area contributed by atoms with Gasteiger partial charge in [0.25, 0.3) is 0 Å². The summed E-state index contributed by atoms with van der Waals surface area (Å²) in [5.74, 6) is 0. The average Bonchev–Trinajstić information content (AvgIpc) is 2.60. The molecule has 0 fully saturated rings. The van der Waals surface area contributed by atoms with Crippen molar-refractivity contribution in [3.63, 3.8) is 0 Å². The lowest BCUT2D eigenvalue weighted by atomic mass is 10.3. The fourth-order valence-corrected chi connectivity index (χ4v) is 0.964. The number of aromatic nitrogens is 2. The van der Waals surface area contributed by atoms with Crippen molar-refractivity contribution in [2.45, 2.75) is 6.54 Å². The highest BCUT2D eigenvalue weighted by molar-refractivity contribution is 5.05. The number of rotatable bonds is 2. The van der Waals surface area contributed by atoms with E-state index in [0.29, 0.717) is 0 Å². The minimum absolute atomic E-state index is 0.781. The van der Waals surface area contributed by atoms with Gasteiger partial charge in [-0.15, -0.1) is 0 Å². The third kappa shape index (κ3) is 1.32. The van der Waals surface area contributed by atoms with Crippen molar-refractivity contribution in [3.05, 3.63) is 42.6 Å². The summed E-state index contributed by atoms with van der Waals surface area (Å²) in [6, 6.07) is 3.84. The van der Waals surface area contributed by atoms with E-state index >= 15 is 0 Å². The Balaban J connectivity index is 2.14. The molecule has 0 radical (unpaired) electrons. The van der Waals surface area contributed by atoms with Crippen molar-refractivity contribution in [1.82, 2.24) is 9.78 Å². The first-order valence-electron chi connectivity index (χ1n) is 3.43. The quantitative estimate of drug-likeness (QED) is 0.646. The Hall–Kier alpha value is -1.51. The predicted molar refractivity (Wildman–Crippen MR) is 40.0 cm³/mol. The molecule has 0 aromatic carbocycles. The van der Waals surface area contributed by atoms with E-state index in [1.54, 1.807) is 18.7 Å². The Bertz CT molecular complexity index is 264. The van der Waals surface area contributed by atoms with Crippen LogP contribution in [-0.2, 0) is 6.54 Å². The van der Waals surface area contributed by atoms with Crippen molar-refractivity contribution in [3.8, 4) is 0 Å². The number of hydrogen-bond donors (Lipinski definition) is 0. The normalized spacial score (nSPS) is 10.2. The third-order valence-electron chi connectivity index (χ3n) is 1.48. The minimum atomic E-state index is 0.781. The second-order valence-corrected chi connectivity index (χ2v) is 2.34. The maximum atomic E-state index is 4.92. The summed E-state index contributed by atoms with van der Waals surface area (Å²) in [6.45, 7) is 0.781. The van der Waals surface area contributed by atoms with Gasteiger partial charge in [0.05, 0.1) is 19.1 Å². The molecular weight excluding hydrogens is 140 g/mol. The molecule has 0 bridgehead atoms. The minimum Gasteiger partial charge on any atom is -0.472 e. The van der Waals surface area contributed by atoms with Crippen molar-refractivity contribution in [2.75, 3.05) is 0 Å². The molecule has 0 aliphatic rings. The van der Waals surface area contributed by atoms with E-state index in [9.17, 15) is 0 Å². The van der Waals surface area contributed by atoms with Crippen LogP contribution >= 0.6 is 0 Å². The molecule has 3 nitrogen and oxygen atoms in total. The third-order valence-corrected chi connectivity index (χ3v) is 1.48. The molecule has 0 spiro atoms. The molecule has 0 saturated heterocycles. The Kier molecular flexibility index (Phi) is 1.48. The van der Waals surface area contributed by atoms with Crippen LogP contribution in [0, 0.1) is 0 Å². The van der Waals surface area contributed by atoms with E-state index in [1.165, 1.54) is 0 Å². The Morgan fingerprint density at radius 1 is 1.55 bits per heavy atom. The van der Waals surface area contributed by atoms with E-state index < -0.39 is 0 Å². The highest BCUT2D eigenvalue weighted by atomic mass is 16.3. The van der Waals surface area contributed by atoms with Crippen LogP contribution in [0.15, 0.2) is 41.5 Å². The molecule has 0 saturated carbocycles. The van der Waals surface area contributed by atoms with Crippen LogP contribution < -0.4 is 0 Å². The first kappa shape index (κ1) is 6.22. The van der Waals surface area contributed by atoms with E-state index in [4.69, 9.17) is 4.42 Å². The van der Waals surface area contributed by atoms with Crippen LogP contribution in [0.1, 0.15) is 5.56 Å². The molecule has 0 aliphatic heterocycles. The predicted octanol–water partition coefficient (Wildman–Crippen LogP) is 1.52. The highest BCUT2D eigenvalue weighted by Gasteiger charge is 1.94. The van der Waals surface area contributed by atoms with E-state index in [-0.39, 0.29) is 0 Å². The summed E-state index contributed by atoms with van der Waals surface area (Å²) in [6.07, 6.45) is 7.08. The van der Waals surface area contributed by atoms with Gasteiger partial charge in [0, 0.05) is 18.0 Å². The molecule has 56 valence electrons. The Labute approximate surface area is 64.3 Å². The number of hydrogen-bond acceptors (Lipinski definition) is 2. The zero-order chi connectivity index (χ0) is 7.52. The molecule has 0 atom stereocenters. The zero-order valence-corrected chi connectivity index (χ0v) is 5.97. The van der Waals surface area contributed by atoms with Gasteiger partial charge in [0.15, 0.2) is 0 Å². The fraction of sp³-hybridized carbons (Fsp3) is 0.125. The molecule has 2 heterocycles. The van der Waals surface area contributed by atoms with E-state index in [1.807, 2.05) is 23.0 Å². The van der Waals surface area contributed by atoms with Gasteiger partial charge in [-0.25, -0.2) is 0 Å². The second-order valence-electron chi connectivity index (χ2n) is 2.34. The van der Waals surface area contributed by atoms with Gasteiger partial charge in [-0.3, -0.25) is 4.68 Å². The zero-order valence-electron chi connectivity index (χ0n) is 5.97. The molecule has 2 rings (SSSR count). The Morgan fingerprint density at radius 3 is 3.18 bits per heavy atom. The van der Waals surface area contributed by atoms with E-state index in [0.717, 1.165) is 12.1 Å². The van der Waals surface area contributed by atoms with Gasteiger partial charge in [0.2, 0.25) is 0 Å². The molecule has 2 aromatic heterocycles. The van der Waals surface area contributed by atoms with Gasteiger partial charge < -0.3 is 4.42 Å².